The van der Waals surface area contributed by atoms with Crippen molar-refractivity contribution in [2.24, 2.45) is 0 Å². The summed E-state index contributed by atoms with van der Waals surface area (Å²) >= 11 is 0. The van der Waals surface area contributed by atoms with Gasteiger partial charge in [0, 0.05) is 17.8 Å². The zero-order valence-corrected chi connectivity index (χ0v) is 13.8. The third-order valence-electron chi connectivity index (χ3n) is 3.81. The number of pyridine rings is 1. The summed E-state index contributed by atoms with van der Waals surface area (Å²) in [4.78, 5) is 14.9. The molecule has 1 atom stereocenters. The minimum absolute atomic E-state index is 0.00391. The fraction of sp³-hybridized carbons (Fsp3) is 0.222. The summed E-state index contributed by atoms with van der Waals surface area (Å²) in [6, 6.07) is 4.39. The number of carbonyl (C=O) groups excluding carboxylic acids is 1. The summed E-state index contributed by atoms with van der Waals surface area (Å²) in [5, 5.41) is 0. The first kappa shape index (κ1) is 19.6. The minimum atomic E-state index is -3.68. The molecule has 2 heterocycles. The fourth-order valence-electron chi connectivity index (χ4n) is 2.42. The van der Waals surface area contributed by atoms with Crippen LogP contribution in [0.5, 0.6) is 0 Å². The molecule has 26 heavy (non-hydrogen) atoms. The lowest BCUT2D eigenvalue weighted by atomic mass is 9.90. The summed E-state index contributed by atoms with van der Waals surface area (Å²) in [5.41, 5.74) is -3.40. The van der Waals surface area contributed by atoms with Crippen molar-refractivity contribution in [1.82, 2.24) is 4.98 Å². The van der Waals surface area contributed by atoms with Crippen molar-refractivity contribution in [3.8, 4) is 0 Å². The highest BCUT2D eigenvalue weighted by Crippen LogP contribution is 2.56. The zero-order valence-electron chi connectivity index (χ0n) is 13.8. The maximum Gasteiger partial charge on any atom is 0.339 e. The van der Waals surface area contributed by atoms with E-state index in [4.69, 9.17) is 4.74 Å². The fourth-order valence-corrected chi connectivity index (χ4v) is 2.42. The van der Waals surface area contributed by atoms with E-state index >= 15 is 0 Å². The second kappa shape index (κ2) is 7.25. The Bertz CT molecular complexity index is 805. The third-order valence-corrected chi connectivity index (χ3v) is 3.81. The number of hydrogen-bond acceptors (Lipinski definition) is 4. The van der Waals surface area contributed by atoms with Gasteiger partial charge in [-0.1, -0.05) is 0 Å². The molecule has 0 aliphatic carbocycles. The number of esters is 1. The second-order valence-corrected chi connectivity index (χ2v) is 5.24. The van der Waals surface area contributed by atoms with Crippen molar-refractivity contribution < 1.29 is 31.8 Å². The van der Waals surface area contributed by atoms with Crippen LogP contribution in [-0.2, 0) is 21.0 Å². The Hall–Kier alpha value is -2.74. The third kappa shape index (κ3) is 3.20. The highest BCUT2D eigenvalue weighted by molar-refractivity contribution is 5.88. The van der Waals surface area contributed by atoms with Gasteiger partial charge >= 0.3 is 11.9 Å². The first-order chi connectivity index (χ1) is 12.3. The van der Waals surface area contributed by atoms with E-state index in [0.29, 0.717) is 6.07 Å². The standard InChI is InChI=1S/C16H11F4NO3.C2H4/c1-23-14(22)9-2-5-13(21-7-9)16(19,20)15(8-24-15)11-4-3-10(17)6-12(11)18;1-2/h2-7H,8H2,1H3;1-2H2. The highest BCUT2D eigenvalue weighted by atomic mass is 19.3. The van der Waals surface area contributed by atoms with E-state index in [-0.39, 0.29) is 5.56 Å². The molecular formula is C18H15F4NO3. The Labute approximate surface area is 147 Å². The molecular weight excluding hydrogens is 354 g/mol. The number of epoxide rings is 1. The van der Waals surface area contributed by atoms with Gasteiger partial charge in [0.15, 0.2) is 5.60 Å². The van der Waals surface area contributed by atoms with Gasteiger partial charge in [-0.2, -0.15) is 8.78 Å². The molecule has 1 saturated heterocycles. The van der Waals surface area contributed by atoms with Crippen LogP contribution < -0.4 is 0 Å². The maximum atomic E-state index is 14.8. The number of benzene rings is 1. The number of ether oxygens (including phenoxy) is 2. The van der Waals surface area contributed by atoms with Gasteiger partial charge in [0.05, 0.1) is 19.3 Å². The van der Waals surface area contributed by atoms with Crippen LogP contribution in [0.2, 0.25) is 0 Å². The molecule has 0 radical (unpaired) electrons. The van der Waals surface area contributed by atoms with Crippen LogP contribution in [0.25, 0.3) is 0 Å². The number of carbonyl (C=O) groups is 1. The number of nitrogens with zero attached hydrogens (tertiary/aromatic N) is 1. The molecule has 0 amide bonds. The smallest absolute Gasteiger partial charge is 0.339 e. The molecule has 0 bridgehead atoms. The van der Waals surface area contributed by atoms with Crippen LogP contribution in [0.15, 0.2) is 49.7 Å². The van der Waals surface area contributed by atoms with Crippen LogP contribution in [0.3, 0.4) is 0 Å². The van der Waals surface area contributed by atoms with E-state index in [1.165, 1.54) is 0 Å². The molecule has 1 unspecified atom stereocenters. The monoisotopic (exact) mass is 369 g/mol. The van der Waals surface area contributed by atoms with Gasteiger partial charge in [-0.3, -0.25) is 4.98 Å². The molecule has 1 aliphatic heterocycles. The van der Waals surface area contributed by atoms with Gasteiger partial charge in [0.1, 0.15) is 17.3 Å². The van der Waals surface area contributed by atoms with Crippen molar-refractivity contribution in [2.75, 3.05) is 13.7 Å². The Morgan fingerprint density at radius 3 is 2.38 bits per heavy atom. The van der Waals surface area contributed by atoms with Crippen molar-refractivity contribution in [1.29, 1.82) is 0 Å². The number of aromatic nitrogens is 1. The SMILES string of the molecule is C=C.COC(=O)c1ccc(C(F)(F)C2(c3ccc(F)cc3F)CO2)nc1. The van der Waals surface area contributed by atoms with Crippen LogP contribution in [0, 0.1) is 11.6 Å². The Kier molecular flexibility index (Phi) is 5.46. The molecule has 3 rings (SSSR count). The lowest BCUT2D eigenvalue weighted by Gasteiger charge is -2.24. The number of hydrogen-bond donors (Lipinski definition) is 0. The van der Waals surface area contributed by atoms with Gasteiger partial charge in [0.2, 0.25) is 0 Å². The molecule has 2 aromatic rings. The molecule has 138 valence electrons. The molecule has 0 spiro atoms. The predicted octanol–water partition coefficient (Wildman–Crippen LogP) is 3.97. The van der Waals surface area contributed by atoms with Gasteiger partial charge < -0.3 is 9.47 Å². The molecule has 0 N–H and O–H groups in total. The molecule has 1 aliphatic rings. The summed E-state index contributed by atoms with van der Waals surface area (Å²) < 4.78 is 65.9. The van der Waals surface area contributed by atoms with Crippen molar-refractivity contribution >= 4 is 5.97 Å². The van der Waals surface area contributed by atoms with Crippen molar-refractivity contribution in [2.45, 2.75) is 11.5 Å². The number of methoxy groups -OCH3 is 1. The normalized spacial score (nSPS) is 18.5. The first-order valence-corrected chi connectivity index (χ1v) is 7.34. The number of alkyl halides is 2. The van der Waals surface area contributed by atoms with E-state index in [2.05, 4.69) is 22.9 Å². The van der Waals surface area contributed by atoms with Crippen LogP contribution in [0.1, 0.15) is 21.6 Å². The average Bonchev–Trinajstić information content (AvgIpc) is 3.45. The molecule has 8 heteroatoms. The van der Waals surface area contributed by atoms with E-state index in [9.17, 15) is 22.4 Å². The van der Waals surface area contributed by atoms with Crippen LogP contribution in [0.4, 0.5) is 17.6 Å². The summed E-state index contributed by atoms with van der Waals surface area (Å²) in [5.74, 6) is -6.41. The minimum Gasteiger partial charge on any atom is -0.465 e. The maximum absolute atomic E-state index is 14.8. The predicted molar refractivity (Wildman–Crippen MR) is 84.7 cm³/mol. The first-order valence-electron chi connectivity index (χ1n) is 7.34. The zero-order chi connectivity index (χ0) is 19.5. The van der Waals surface area contributed by atoms with Gasteiger partial charge in [-0.05, 0) is 24.3 Å². The average molecular weight is 369 g/mol. The topological polar surface area (TPSA) is 51.7 Å². The Morgan fingerprint density at radius 2 is 1.92 bits per heavy atom. The largest absolute Gasteiger partial charge is 0.465 e. The Morgan fingerprint density at radius 1 is 1.27 bits per heavy atom. The second-order valence-electron chi connectivity index (χ2n) is 5.24. The van der Waals surface area contributed by atoms with Gasteiger partial charge in [-0.25, -0.2) is 13.6 Å². The van der Waals surface area contributed by atoms with Gasteiger partial charge in [0.25, 0.3) is 0 Å². The van der Waals surface area contributed by atoms with E-state index < -0.39 is 47.0 Å². The molecule has 1 aromatic heterocycles. The van der Waals surface area contributed by atoms with Gasteiger partial charge in [-0.15, -0.1) is 13.2 Å². The van der Waals surface area contributed by atoms with E-state index in [1.54, 1.807) is 0 Å². The number of halogens is 4. The molecule has 1 fully saturated rings. The Balaban J connectivity index is 0.00000117. The lowest BCUT2D eigenvalue weighted by molar-refractivity contribution is -0.0902. The summed E-state index contributed by atoms with van der Waals surface area (Å²) in [6.45, 7) is 5.56. The van der Waals surface area contributed by atoms with Crippen LogP contribution in [-0.4, -0.2) is 24.7 Å². The quantitative estimate of drug-likeness (QED) is 0.354. The van der Waals surface area contributed by atoms with Crippen LogP contribution >= 0.6 is 0 Å². The van der Waals surface area contributed by atoms with Crippen molar-refractivity contribution in [3.05, 3.63) is 78.1 Å². The molecule has 0 saturated carbocycles. The highest BCUT2D eigenvalue weighted by Gasteiger charge is 2.68. The molecule has 1 aromatic carbocycles. The summed E-state index contributed by atoms with van der Waals surface area (Å²) in [6.07, 6.45) is 0.937. The lowest BCUT2D eigenvalue weighted by Crippen LogP contribution is -2.34. The van der Waals surface area contributed by atoms with Crippen molar-refractivity contribution in [3.63, 3.8) is 0 Å². The molecule has 4 nitrogen and oxygen atoms in total. The van der Waals surface area contributed by atoms with E-state index in [1.807, 2.05) is 0 Å². The summed E-state index contributed by atoms with van der Waals surface area (Å²) in [7, 11) is 1.15. The van der Waals surface area contributed by atoms with E-state index in [0.717, 1.165) is 37.6 Å². The number of rotatable bonds is 4.